The Hall–Kier alpha value is -0.573. The third-order valence-corrected chi connectivity index (χ3v) is 8.49. The lowest BCUT2D eigenvalue weighted by Gasteiger charge is -2.20. The predicted molar refractivity (Wildman–Crippen MR) is 81.3 cm³/mol. The van der Waals surface area contributed by atoms with Crippen molar-refractivity contribution in [1.29, 1.82) is 0 Å². The van der Waals surface area contributed by atoms with E-state index >= 15 is 0 Å². The third-order valence-electron chi connectivity index (χ3n) is 3.60. The highest BCUT2D eigenvalue weighted by atomic mass is 79.9. The Kier molecular flexibility index (Phi) is 2.51. The molecule has 0 unspecified atom stereocenters. The van der Waals surface area contributed by atoms with Gasteiger partial charge in [0.2, 0.25) is 0 Å². The van der Waals surface area contributed by atoms with Crippen LogP contribution in [0.15, 0.2) is 40.9 Å². The van der Waals surface area contributed by atoms with Gasteiger partial charge in [0.15, 0.2) is 0 Å². The second kappa shape index (κ2) is 3.71. The molecule has 2 aromatic rings. The van der Waals surface area contributed by atoms with E-state index in [9.17, 15) is 0 Å². The average Bonchev–Trinajstić information content (AvgIpc) is 2.55. The SMILES string of the molecule is C[Si]1(C)c2ccccc2-c2c(Cl)ccc(Br)c21. The summed E-state index contributed by atoms with van der Waals surface area (Å²) in [5, 5.41) is 3.80. The van der Waals surface area contributed by atoms with Gasteiger partial charge in [-0.3, -0.25) is 0 Å². The number of hydrogen-bond donors (Lipinski definition) is 0. The van der Waals surface area contributed by atoms with E-state index in [-0.39, 0.29) is 0 Å². The van der Waals surface area contributed by atoms with Crippen molar-refractivity contribution in [3.8, 4) is 11.1 Å². The predicted octanol–water partition coefficient (Wildman–Crippen LogP) is 3.91. The van der Waals surface area contributed by atoms with Crippen molar-refractivity contribution in [2.75, 3.05) is 0 Å². The maximum Gasteiger partial charge on any atom is 0.115 e. The molecule has 86 valence electrons. The fourth-order valence-corrected chi connectivity index (χ4v) is 8.20. The highest BCUT2D eigenvalue weighted by Gasteiger charge is 2.39. The van der Waals surface area contributed by atoms with E-state index in [4.69, 9.17) is 11.6 Å². The van der Waals surface area contributed by atoms with Gasteiger partial charge in [0.05, 0.1) is 0 Å². The summed E-state index contributed by atoms with van der Waals surface area (Å²) >= 11 is 10.1. The summed E-state index contributed by atoms with van der Waals surface area (Å²) in [7, 11) is -1.59. The van der Waals surface area contributed by atoms with Gasteiger partial charge < -0.3 is 0 Å². The van der Waals surface area contributed by atoms with Crippen LogP contribution in [0.5, 0.6) is 0 Å². The van der Waals surface area contributed by atoms with E-state index in [1.165, 1.54) is 26.0 Å². The molecule has 1 aliphatic rings. The zero-order chi connectivity index (χ0) is 12.2. The molecule has 1 aliphatic heterocycles. The first-order valence-electron chi connectivity index (χ1n) is 5.62. The second-order valence-electron chi connectivity index (χ2n) is 4.95. The van der Waals surface area contributed by atoms with Crippen LogP contribution in [0, 0.1) is 0 Å². The van der Waals surface area contributed by atoms with Crippen LogP contribution in [0.3, 0.4) is 0 Å². The lowest BCUT2D eigenvalue weighted by molar-refractivity contribution is 1.67. The summed E-state index contributed by atoms with van der Waals surface area (Å²) in [5.41, 5.74) is 2.57. The van der Waals surface area contributed by atoms with Crippen LogP contribution in [-0.4, -0.2) is 8.07 Å². The first kappa shape index (κ1) is 11.5. The van der Waals surface area contributed by atoms with E-state index in [0.29, 0.717) is 0 Å². The number of benzene rings is 2. The number of hydrogen-bond acceptors (Lipinski definition) is 0. The van der Waals surface area contributed by atoms with Crippen molar-refractivity contribution < 1.29 is 0 Å². The van der Waals surface area contributed by atoms with Gasteiger partial charge in [0, 0.05) is 15.1 Å². The molecule has 0 aliphatic carbocycles. The van der Waals surface area contributed by atoms with Crippen molar-refractivity contribution in [2.24, 2.45) is 0 Å². The topological polar surface area (TPSA) is 0 Å². The van der Waals surface area contributed by atoms with Gasteiger partial charge in [-0.15, -0.1) is 0 Å². The maximum absolute atomic E-state index is 6.40. The Morgan fingerprint density at radius 2 is 1.76 bits per heavy atom. The van der Waals surface area contributed by atoms with Gasteiger partial charge in [0.25, 0.3) is 0 Å². The van der Waals surface area contributed by atoms with E-state index in [2.05, 4.69) is 59.4 Å². The summed E-state index contributed by atoms with van der Waals surface area (Å²) in [6.45, 7) is 4.78. The Bertz CT molecular complexity index is 620. The fourth-order valence-electron chi connectivity index (χ4n) is 2.81. The molecule has 0 amide bonds. The summed E-state index contributed by atoms with van der Waals surface area (Å²) in [6, 6.07) is 12.7. The zero-order valence-corrected chi connectivity index (χ0v) is 13.1. The second-order valence-corrected chi connectivity index (χ2v) is 10.5. The molecular formula is C14H12BrClSi. The normalized spacial score (nSPS) is 15.5. The molecule has 2 aromatic carbocycles. The lowest BCUT2D eigenvalue weighted by Crippen LogP contribution is -2.49. The number of fused-ring (bicyclic) bond motifs is 3. The largest absolute Gasteiger partial charge is 0.115 e. The van der Waals surface area contributed by atoms with Crippen LogP contribution in [0.1, 0.15) is 0 Å². The summed E-state index contributed by atoms with van der Waals surface area (Å²) in [6.07, 6.45) is 0. The third kappa shape index (κ3) is 1.47. The lowest BCUT2D eigenvalue weighted by atomic mass is 10.1. The number of rotatable bonds is 0. The monoisotopic (exact) mass is 322 g/mol. The van der Waals surface area contributed by atoms with Crippen LogP contribution >= 0.6 is 27.5 Å². The Balaban J connectivity index is 2.48. The van der Waals surface area contributed by atoms with Crippen molar-refractivity contribution in [3.63, 3.8) is 0 Å². The first-order valence-corrected chi connectivity index (χ1v) is 9.79. The molecule has 0 aromatic heterocycles. The molecule has 0 atom stereocenters. The number of halogens is 2. The van der Waals surface area contributed by atoms with Gasteiger partial charge in [-0.2, -0.15) is 0 Å². The highest BCUT2D eigenvalue weighted by Crippen LogP contribution is 2.36. The van der Waals surface area contributed by atoms with E-state index in [1.807, 2.05) is 6.07 Å². The molecule has 0 saturated heterocycles. The summed E-state index contributed by atoms with van der Waals surface area (Å²) < 4.78 is 1.20. The van der Waals surface area contributed by atoms with E-state index in [1.54, 1.807) is 0 Å². The van der Waals surface area contributed by atoms with Crippen LogP contribution in [0.25, 0.3) is 11.1 Å². The Morgan fingerprint density at radius 1 is 1.06 bits per heavy atom. The summed E-state index contributed by atoms with van der Waals surface area (Å²) in [4.78, 5) is 0. The molecule has 0 saturated carbocycles. The van der Waals surface area contributed by atoms with Crippen molar-refractivity contribution in [2.45, 2.75) is 13.1 Å². The van der Waals surface area contributed by atoms with Gasteiger partial charge in [0.1, 0.15) is 8.07 Å². The van der Waals surface area contributed by atoms with Crippen LogP contribution < -0.4 is 10.4 Å². The quantitative estimate of drug-likeness (QED) is 0.645. The fraction of sp³-hybridized carbons (Fsp3) is 0.143. The summed E-state index contributed by atoms with van der Waals surface area (Å²) in [5.74, 6) is 0. The smallest absolute Gasteiger partial charge is 0.0837 e. The zero-order valence-electron chi connectivity index (χ0n) is 9.72. The molecular weight excluding hydrogens is 312 g/mol. The Morgan fingerprint density at radius 3 is 2.53 bits per heavy atom. The molecule has 1 heterocycles. The van der Waals surface area contributed by atoms with Crippen LogP contribution in [0.2, 0.25) is 18.1 Å². The molecule has 17 heavy (non-hydrogen) atoms. The van der Waals surface area contributed by atoms with Gasteiger partial charge in [-0.1, -0.05) is 64.9 Å². The standard InChI is InChI=1S/C14H12BrClSi/c1-17(2)12-6-4-3-5-9(12)13-11(16)8-7-10(15)14(13)17/h3-8H,1-2H3. The van der Waals surface area contributed by atoms with Gasteiger partial charge in [-0.25, -0.2) is 0 Å². The molecule has 0 fully saturated rings. The van der Waals surface area contributed by atoms with Gasteiger partial charge >= 0.3 is 0 Å². The maximum atomic E-state index is 6.40. The Labute approximate surface area is 116 Å². The minimum absolute atomic E-state index is 0.869. The van der Waals surface area contributed by atoms with Crippen LogP contribution in [0.4, 0.5) is 0 Å². The minimum Gasteiger partial charge on any atom is -0.0837 e. The van der Waals surface area contributed by atoms with Crippen molar-refractivity contribution in [1.82, 2.24) is 0 Å². The average molecular weight is 324 g/mol. The molecule has 0 radical (unpaired) electrons. The van der Waals surface area contributed by atoms with Gasteiger partial charge in [-0.05, 0) is 28.1 Å². The van der Waals surface area contributed by atoms with E-state index < -0.39 is 8.07 Å². The van der Waals surface area contributed by atoms with Crippen molar-refractivity contribution in [3.05, 3.63) is 45.9 Å². The first-order chi connectivity index (χ1) is 8.03. The molecule has 0 bridgehead atoms. The van der Waals surface area contributed by atoms with Crippen molar-refractivity contribution >= 4 is 46.0 Å². The van der Waals surface area contributed by atoms with Crippen LogP contribution in [-0.2, 0) is 0 Å². The molecule has 0 spiro atoms. The highest BCUT2D eigenvalue weighted by molar-refractivity contribution is 9.10. The minimum atomic E-state index is -1.59. The molecule has 3 heteroatoms. The molecule has 3 rings (SSSR count). The molecule has 0 N–H and O–H groups in total. The van der Waals surface area contributed by atoms with E-state index in [0.717, 1.165) is 5.02 Å². The molecule has 0 nitrogen and oxygen atoms in total.